The molecule has 2 N–H and O–H groups in total. The van der Waals surface area contributed by atoms with Gasteiger partial charge in [-0.15, -0.1) is 0 Å². The molecular weight excluding hydrogens is 160 g/mol. The highest BCUT2D eigenvalue weighted by Gasteiger charge is 2.38. The third kappa shape index (κ3) is 2.05. The molecule has 0 bridgehead atoms. The van der Waals surface area contributed by atoms with Crippen LogP contribution in [0.4, 0.5) is 0 Å². The fourth-order valence-electron chi connectivity index (χ4n) is 3.01. The highest BCUT2D eigenvalue weighted by atomic mass is 15.2. The first-order chi connectivity index (χ1) is 6.29. The third-order valence-corrected chi connectivity index (χ3v) is 3.69. The Morgan fingerprint density at radius 3 is 2.38 bits per heavy atom. The van der Waals surface area contributed by atoms with E-state index in [-0.39, 0.29) is 0 Å². The van der Waals surface area contributed by atoms with Gasteiger partial charge in [0.25, 0.3) is 0 Å². The maximum Gasteiger partial charge on any atom is 0.00452 e. The van der Waals surface area contributed by atoms with E-state index >= 15 is 0 Å². The molecule has 1 saturated heterocycles. The summed E-state index contributed by atoms with van der Waals surface area (Å²) in [5.74, 6) is 1.87. The molecular formula is C11H22N2. The number of rotatable bonds is 3. The molecule has 13 heavy (non-hydrogen) atoms. The number of fused-ring (bicyclic) bond motifs is 1. The van der Waals surface area contributed by atoms with Crippen molar-refractivity contribution in [3.63, 3.8) is 0 Å². The van der Waals surface area contributed by atoms with Crippen LogP contribution in [0, 0.1) is 11.8 Å². The van der Waals surface area contributed by atoms with Gasteiger partial charge in [-0.25, -0.2) is 0 Å². The summed E-state index contributed by atoms with van der Waals surface area (Å²) >= 11 is 0. The van der Waals surface area contributed by atoms with Crippen molar-refractivity contribution in [3.05, 3.63) is 0 Å². The van der Waals surface area contributed by atoms with Gasteiger partial charge in [0.2, 0.25) is 0 Å². The van der Waals surface area contributed by atoms with Crippen LogP contribution < -0.4 is 5.73 Å². The Kier molecular flexibility index (Phi) is 2.89. The molecule has 0 aromatic heterocycles. The van der Waals surface area contributed by atoms with Crippen molar-refractivity contribution in [1.82, 2.24) is 4.90 Å². The molecule has 1 aliphatic carbocycles. The molecule has 0 aromatic carbocycles. The Hall–Kier alpha value is -0.0800. The van der Waals surface area contributed by atoms with Gasteiger partial charge in [-0.2, -0.15) is 0 Å². The quantitative estimate of drug-likeness (QED) is 0.716. The normalized spacial score (nSPS) is 39.7. The largest absolute Gasteiger partial charge is 0.328 e. The van der Waals surface area contributed by atoms with Crippen molar-refractivity contribution < 1.29 is 0 Å². The summed E-state index contributed by atoms with van der Waals surface area (Å²) in [6.07, 6.45) is 5.26. The summed E-state index contributed by atoms with van der Waals surface area (Å²) in [5, 5.41) is 0. The topological polar surface area (TPSA) is 29.3 Å². The highest BCUT2D eigenvalue weighted by molar-refractivity contribution is 4.93. The van der Waals surface area contributed by atoms with Gasteiger partial charge in [-0.1, -0.05) is 13.3 Å². The number of nitrogens with zero attached hydrogens (tertiary/aromatic N) is 1. The molecule has 0 spiro atoms. The van der Waals surface area contributed by atoms with Gasteiger partial charge in [0.05, 0.1) is 0 Å². The van der Waals surface area contributed by atoms with Crippen LogP contribution in [0.15, 0.2) is 0 Å². The fraction of sp³-hybridized carbons (Fsp3) is 1.00. The average Bonchev–Trinajstić information content (AvgIpc) is 2.57. The minimum atomic E-state index is 0.517. The molecule has 0 amide bonds. The van der Waals surface area contributed by atoms with E-state index in [2.05, 4.69) is 11.8 Å². The van der Waals surface area contributed by atoms with Crippen molar-refractivity contribution in [2.24, 2.45) is 17.6 Å². The number of nitrogens with two attached hydrogens (primary N) is 1. The predicted octanol–water partition coefficient (Wildman–Crippen LogP) is 1.46. The van der Waals surface area contributed by atoms with Gasteiger partial charge in [-0.05, 0) is 37.6 Å². The van der Waals surface area contributed by atoms with Crippen molar-refractivity contribution in [2.45, 2.75) is 38.6 Å². The molecule has 2 rings (SSSR count). The van der Waals surface area contributed by atoms with Crippen LogP contribution in [0.2, 0.25) is 0 Å². The van der Waals surface area contributed by atoms with Crippen molar-refractivity contribution in [2.75, 3.05) is 19.6 Å². The molecule has 1 heterocycles. The summed E-state index contributed by atoms with van der Waals surface area (Å²) in [6, 6.07) is 0.517. The average molecular weight is 182 g/mol. The Morgan fingerprint density at radius 2 is 1.85 bits per heavy atom. The van der Waals surface area contributed by atoms with E-state index < -0.39 is 0 Å². The molecule has 0 radical (unpaired) electrons. The molecule has 1 aliphatic heterocycles. The number of hydrogen-bond donors (Lipinski definition) is 1. The van der Waals surface area contributed by atoms with Gasteiger partial charge in [-0.3, -0.25) is 0 Å². The number of hydrogen-bond acceptors (Lipinski definition) is 2. The Balaban J connectivity index is 1.77. The zero-order valence-electron chi connectivity index (χ0n) is 8.71. The van der Waals surface area contributed by atoms with Crippen LogP contribution in [-0.4, -0.2) is 30.6 Å². The fourth-order valence-corrected chi connectivity index (χ4v) is 3.01. The molecule has 2 heteroatoms. The van der Waals surface area contributed by atoms with Crippen LogP contribution >= 0.6 is 0 Å². The highest BCUT2D eigenvalue weighted by Crippen LogP contribution is 2.37. The van der Waals surface area contributed by atoms with E-state index in [0.29, 0.717) is 6.04 Å². The summed E-state index contributed by atoms with van der Waals surface area (Å²) in [4.78, 5) is 2.64. The second-order valence-electron chi connectivity index (χ2n) is 4.86. The van der Waals surface area contributed by atoms with E-state index in [1.54, 1.807) is 0 Å². The Morgan fingerprint density at radius 1 is 1.23 bits per heavy atom. The molecule has 2 fully saturated rings. The second kappa shape index (κ2) is 3.97. The van der Waals surface area contributed by atoms with Crippen LogP contribution in [0.25, 0.3) is 0 Å². The maximum atomic E-state index is 5.95. The lowest BCUT2D eigenvalue weighted by atomic mass is 10.0. The Labute approximate surface area is 81.5 Å². The lowest BCUT2D eigenvalue weighted by molar-refractivity contribution is 0.302. The van der Waals surface area contributed by atoms with E-state index in [1.807, 2.05) is 0 Å². The van der Waals surface area contributed by atoms with E-state index in [1.165, 1.54) is 45.3 Å². The first-order valence-electron chi connectivity index (χ1n) is 5.77. The summed E-state index contributed by atoms with van der Waals surface area (Å²) < 4.78 is 0. The maximum absolute atomic E-state index is 5.95. The molecule has 0 aromatic rings. The summed E-state index contributed by atoms with van der Waals surface area (Å²) in [6.45, 7) is 6.25. The van der Waals surface area contributed by atoms with Gasteiger partial charge in [0, 0.05) is 19.1 Å². The molecule has 2 aliphatic rings. The monoisotopic (exact) mass is 182 g/mol. The summed E-state index contributed by atoms with van der Waals surface area (Å²) in [5.41, 5.74) is 5.95. The first kappa shape index (κ1) is 9.47. The Bertz CT molecular complexity index is 155. The lowest BCUT2D eigenvalue weighted by Gasteiger charge is -2.16. The van der Waals surface area contributed by atoms with Crippen LogP contribution in [-0.2, 0) is 0 Å². The standard InChI is InChI=1S/C11H22N2/c1-2-3-4-13-7-9-5-11(12)6-10(9)8-13/h9-11H,2-8,12H2,1H3. The second-order valence-corrected chi connectivity index (χ2v) is 4.86. The zero-order chi connectivity index (χ0) is 9.26. The van der Waals surface area contributed by atoms with Crippen LogP contribution in [0.3, 0.4) is 0 Å². The van der Waals surface area contributed by atoms with Crippen molar-refractivity contribution in [3.8, 4) is 0 Å². The van der Waals surface area contributed by atoms with Crippen molar-refractivity contribution in [1.29, 1.82) is 0 Å². The number of likely N-dealkylation sites (tertiary alicyclic amines) is 1. The molecule has 2 nitrogen and oxygen atoms in total. The molecule has 76 valence electrons. The van der Waals surface area contributed by atoms with Gasteiger partial charge >= 0.3 is 0 Å². The van der Waals surface area contributed by atoms with E-state index in [9.17, 15) is 0 Å². The smallest absolute Gasteiger partial charge is 0.00452 e. The SMILES string of the molecule is CCCCN1CC2CC(N)CC2C1. The van der Waals surface area contributed by atoms with Gasteiger partial charge in [0.15, 0.2) is 0 Å². The third-order valence-electron chi connectivity index (χ3n) is 3.69. The minimum Gasteiger partial charge on any atom is -0.328 e. The summed E-state index contributed by atoms with van der Waals surface area (Å²) in [7, 11) is 0. The molecule has 2 unspecified atom stereocenters. The van der Waals surface area contributed by atoms with Crippen molar-refractivity contribution >= 4 is 0 Å². The van der Waals surface area contributed by atoms with E-state index in [4.69, 9.17) is 5.73 Å². The van der Waals surface area contributed by atoms with E-state index in [0.717, 1.165) is 11.8 Å². The van der Waals surface area contributed by atoms with Crippen LogP contribution in [0.1, 0.15) is 32.6 Å². The van der Waals surface area contributed by atoms with Crippen LogP contribution in [0.5, 0.6) is 0 Å². The minimum absolute atomic E-state index is 0.517. The number of unbranched alkanes of at least 4 members (excludes halogenated alkanes) is 1. The molecule has 1 saturated carbocycles. The molecule has 2 atom stereocenters. The lowest BCUT2D eigenvalue weighted by Crippen LogP contribution is -2.26. The predicted molar refractivity (Wildman–Crippen MR) is 55.5 cm³/mol. The first-order valence-corrected chi connectivity index (χ1v) is 5.77. The van der Waals surface area contributed by atoms with Gasteiger partial charge < -0.3 is 10.6 Å². The van der Waals surface area contributed by atoms with Gasteiger partial charge in [0.1, 0.15) is 0 Å². The zero-order valence-corrected chi connectivity index (χ0v) is 8.71.